The number of hydrogen-bond donors (Lipinski definition) is 1. The normalized spacial score (nSPS) is 26.9. The quantitative estimate of drug-likeness (QED) is 0.700. The number of esters is 1. The Bertz CT molecular complexity index is 224. The molecule has 4 nitrogen and oxygen atoms in total. The predicted octanol–water partition coefficient (Wildman–Crippen LogP) is 1.44. The fraction of sp³-hybridized carbons (Fsp3) is 0.800. The molecule has 0 radical (unpaired) electrons. The molecule has 0 unspecified atom stereocenters. The Morgan fingerprint density at radius 1 is 1.36 bits per heavy atom. The van der Waals surface area contributed by atoms with Crippen molar-refractivity contribution in [2.24, 2.45) is 11.8 Å². The summed E-state index contributed by atoms with van der Waals surface area (Å²) in [6.07, 6.45) is 3.73. The Balaban J connectivity index is 2.54. The third-order valence-electron chi connectivity index (χ3n) is 2.88. The summed E-state index contributed by atoms with van der Waals surface area (Å²) in [6, 6.07) is 0. The van der Waals surface area contributed by atoms with E-state index < -0.39 is 5.97 Å². The summed E-state index contributed by atoms with van der Waals surface area (Å²) in [6.45, 7) is 0. The molecule has 0 spiro atoms. The van der Waals surface area contributed by atoms with Crippen LogP contribution in [0.3, 0.4) is 0 Å². The molecule has 2 atom stereocenters. The summed E-state index contributed by atoms with van der Waals surface area (Å²) in [4.78, 5) is 21.9. The molecule has 0 bridgehead atoms. The van der Waals surface area contributed by atoms with Crippen molar-refractivity contribution in [3.8, 4) is 0 Å². The number of carbonyl (C=O) groups is 2. The van der Waals surface area contributed by atoms with Gasteiger partial charge in [0.1, 0.15) is 0 Å². The van der Waals surface area contributed by atoms with Crippen molar-refractivity contribution in [2.75, 3.05) is 7.11 Å². The second-order valence-electron chi connectivity index (χ2n) is 3.77. The Kier molecular flexibility index (Phi) is 3.92. The Morgan fingerprint density at radius 3 is 2.57 bits per heavy atom. The molecular weight excluding hydrogens is 184 g/mol. The third-order valence-corrected chi connectivity index (χ3v) is 2.88. The van der Waals surface area contributed by atoms with Gasteiger partial charge in [-0.2, -0.15) is 0 Å². The average molecular weight is 200 g/mol. The van der Waals surface area contributed by atoms with Crippen molar-refractivity contribution in [2.45, 2.75) is 32.1 Å². The Hall–Kier alpha value is -1.06. The van der Waals surface area contributed by atoms with Crippen molar-refractivity contribution in [3.05, 3.63) is 0 Å². The van der Waals surface area contributed by atoms with Crippen LogP contribution in [-0.4, -0.2) is 24.2 Å². The van der Waals surface area contributed by atoms with Gasteiger partial charge in [-0.05, 0) is 18.8 Å². The molecule has 0 aromatic rings. The van der Waals surface area contributed by atoms with Gasteiger partial charge >= 0.3 is 11.9 Å². The summed E-state index contributed by atoms with van der Waals surface area (Å²) in [5.74, 6) is -1.47. The number of ether oxygens (including phenoxy) is 1. The third kappa shape index (κ3) is 2.72. The summed E-state index contributed by atoms with van der Waals surface area (Å²) in [5.41, 5.74) is 0. The zero-order chi connectivity index (χ0) is 10.6. The fourth-order valence-corrected chi connectivity index (χ4v) is 2.07. The monoisotopic (exact) mass is 200 g/mol. The minimum absolute atomic E-state index is 0.0336. The van der Waals surface area contributed by atoms with Crippen LogP contribution in [0.4, 0.5) is 0 Å². The minimum Gasteiger partial charge on any atom is -0.481 e. The highest BCUT2D eigenvalue weighted by Crippen LogP contribution is 2.32. The van der Waals surface area contributed by atoms with Crippen LogP contribution < -0.4 is 0 Å². The van der Waals surface area contributed by atoms with Crippen molar-refractivity contribution in [1.82, 2.24) is 0 Å². The minimum atomic E-state index is -0.779. The van der Waals surface area contributed by atoms with E-state index in [9.17, 15) is 9.59 Å². The van der Waals surface area contributed by atoms with Gasteiger partial charge in [0.25, 0.3) is 0 Å². The van der Waals surface area contributed by atoms with Gasteiger partial charge in [0.2, 0.25) is 0 Å². The van der Waals surface area contributed by atoms with E-state index in [1.807, 2.05) is 0 Å². The standard InChI is InChI=1S/C10H16O4/c1-14-9(11)6-7-4-2-3-5-8(7)10(12)13/h7-8H,2-6H2,1H3,(H,12,13)/t7-,8+/m0/s1. The second-order valence-corrected chi connectivity index (χ2v) is 3.77. The predicted molar refractivity (Wildman–Crippen MR) is 49.7 cm³/mol. The lowest BCUT2D eigenvalue weighted by Gasteiger charge is -2.27. The highest BCUT2D eigenvalue weighted by atomic mass is 16.5. The van der Waals surface area contributed by atoms with E-state index in [1.54, 1.807) is 0 Å². The van der Waals surface area contributed by atoms with E-state index in [-0.39, 0.29) is 24.2 Å². The van der Waals surface area contributed by atoms with E-state index in [2.05, 4.69) is 4.74 Å². The van der Waals surface area contributed by atoms with Crippen LogP contribution in [0.25, 0.3) is 0 Å². The van der Waals surface area contributed by atoms with Crippen molar-refractivity contribution < 1.29 is 19.4 Å². The number of carboxylic acid groups (broad SMARTS) is 1. The molecule has 14 heavy (non-hydrogen) atoms. The van der Waals surface area contributed by atoms with E-state index >= 15 is 0 Å². The van der Waals surface area contributed by atoms with Crippen molar-refractivity contribution in [1.29, 1.82) is 0 Å². The molecule has 1 aliphatic rings. The van der Waals surface area contributed by atoms with Crippen LogP contribution in [-0.2, 0) is 14.3 Å². The number of rotatable bonds is 3. The maximum absolute atomic E-state index is 11.0. The summed E-state index contributed by atoms with van der Waals surface area (Å²) in [5, 5.41) is 8.94. The second kappa shape index (κ2) is 4.98. The maximum atomic E-state index is 11.0. The molecule has 80 valence electrons. The van der Waals surface area contributed by atoms with Crippen LogP contribution in [0.1, 0.15) is 32.1 Å². The molecule has 0 aromatic heterocycles. The molecule has 1 N–H and O–H groups in total. The van der Waals surface area contributed by atoms with Crippen LogP contribution in [0.5, 0.6) is 0 Å². The summed E-state index contributed by atoms with van der Waals surface area (Å²) >= 11 is 0. The zero-order valence-corrected chi connectivity index (χ0v) is 8.36. The molecule has 1 aliphatic carbocycles. The first-order chi connectivity index (χ1) is 6.65. The highest BCUT2D eigenvalue weighted by Gasteiger charge is 2.32. The molecule has 1 saturated carbocycles. The fourth-order valence-electron chi connectivity index (χ4n) is 2.07. The molecule has 1 fully saturated rings. The van der Waals surface area contributed by atoms with Gasteiger partial charge in [-0.15, -0.1) is 0 Å². The van der Waals surface area contributed by atoms with Crippen LogP contribution in [0, 0.1) is 11.8 Å². The van der Waals surface area contributed by atoms with Gasteiger partial charge in [0.05, 0.1) is 13.0 Å². The van der Waals surface area contributed by atoms with Gasteiger partial charge in [-0.3, -0.25) is 9.59 Å². The Labute approximate surface area is 83.2 Å². The lowest BCUT2D eigenvalue weighted by Crippen LogP contribution is -2.29. The SMILES string of the molecule is COC(=O)C[C@@H]1CCCC[C@H]1C(=O)O. The molecule has 4 heteroatoms. The van der Waals surface area contributed by atoms with Gasteiger partial charge in [0.15, 0.2) is 0 Å². The lowest BCUT2D eigenvalue weighted by atomic mass is 9.77. The van der Waals surface area contributed by atoms with Crippen molar-refractivity contribution in [3.63, 3.8) is 0 Å². The van der Waals surface area contributed by atoms with Crippen LogP contribution in [0.15, 0.2) is 0 Å². The number of carboxylic acids is 1. The molecule has 1 rings (SSSR count). The van der Waals surface area contributed by atoms with Gasteiger partial charge in [-0.25, -0.2) is 0 Å². The molecule has 0 amide bonds. The molecule has 0 aliphatic heterocycles. The summed E-state index contributed by atoms with van der Waals surface area (Å²) < 4.78 is 4.55. The first-order valence-electron chi connectivity index (χ1n) is 4.94. The van der Waals surface area contributed by atoms with E-state index in [1.165, 1.54) is 7.11 Å². The van der Waals surface area contributed by atoms with Gasteiger partial charge in [0, 0.05) is 6.42 Å². The Morgan fingerprint density at radius 2 is 2.00 bits per heavy atom. The van der Waals surface area contributed by atoms with E-state index in [0.29, 0.717) is 6.42 Å². The van der Waals surface area contributed by atoms with Crippen LogP contribution in [0.2, 0.25) is 0 Å². The first-order valence-corrected chi connectivity index (χ1v) is 4.94. The van der Waals surface area contributed by atoms with Crippen LogP contribution >= 0.6 is 0 Å². The zero-order valence-electron chi connectivity index (χ0n) is 8.36. The summed E-state index contributed by atoms with van der Waals surface area (Å²) in [7, 11) is 1.33. The van der Waals surface area contributed by atoms with E-state index in [4.69, 9.17) is 5.11 Å². The maximum Gasteiger partial charge on any atom is 0.306 e. The van der Waals surface area contributed by atoms with Gasteiger partial charge in [-0.1, -0.05) is 12.8 Å². The number of hydrogen-bond acceptors (Lipinski definition) is 3. The molecule has 0 aromatic carbocycles. The average Bonchev–Trinajstić information content (AvgIpc) is 2.18. The number of carbonyl (C=O) groups excluding carboxylic acids is 1. The molecule has 0 heterocycles. The van der Waals surface area contributed by atoms with Crippen molar-refractivity contribution >= 4 is 11.9 Å². The smallest absolute Gasteiger partial charge is 0.306 e. The number of methoxy groups -OCH3 is 1. The lowest BCUT2D eigenvalue weighted by molar-refractivity contribution is -0.148. The highest BCUT2D eigenvalue weighted by molar-refractivity contribution is 5.73. The largest absolute Gasteiger partial charge is 0.481 e. The first kappa shape index (κ1) is 11.0. The van der Waals surface area contributed by atoms with Gasteiger partial charge < -0.3 is 9.84 Å². The van der Waals surface area contributed by atoms with E-state index in [0.717, 1.165) is 19.3 Å². The molecule has 0 saturated heterocycles. The molecular formula is C10H16O4. The number of aliphatic carboxylic acids is 1. The topological polar surface area (TPSA) is 63.6 Å².